The molecule has 0 aliphatic carbocycles. The van der Waals surface area contributed by atoms with E-state index in [1.54, 1.807) is 0 Å². The molecule has 133 heavy (non-hydrogen) atoms. The van der Waals surface area contributed by atoms with Gasteiger partial charge in [0.15, 0.2) is 69.2 Å². The standard InChI is InChI=1S/C74H124N4O55/c1-16-35(91)46(102)51(107)68(115-16)113-15-30-59(42(98)31(64(112)116-30)75-17(2)87)126-65-32(76-18(3)88)43(99)58(27(12-85)122-65)129-72-55(111)61(131-74-63(50(106)39(95)24(9-82)121-74)133-67-34(78-20(5)90)44(100)56(26(11-84)124-67)127-69-52(108)47(103)36(92)21(6-79)117-69)41(97)29(125-72)14-114-73-62(49(105)38(94)23(8-81)120-73)132-66-33(77-19(4)89)45(101)57(28(13-86)123-66)128-71-54(110)60(40(96)25(10-83)119-71)130-70-53(109)48(104)37(93)22(7-80)118-70/h16,21-74,79-86,91-112H,6-15H2,1-5H3,(H,75,87)(H,76,88)(H,77,89)(H,78,90)/t16-,21+,22+,23+,24+,25+,26+,27+,28+,29+,30+,31+,32+,33+,34+,35+,36-,37-,38+,39+,40-,41+,42+,43+,44+,45+,46+,47-,48-,49-,50-,51-,52+,53+,54+,55-,56+,57+,58+,59+,60-,61-,62-,63-,64?,65-,66-,67-,68+,69-,70-,71-,72-,73-,74+/m0/s1. The average molecular weight is 1950 g/mol. The molecule has 0 aromatic heterocycles. The van der Waals surface area contributed by atoms with E-state index in [1.165, 1.54) is 6.92 Å². The van der Waals surface area contributed by atoms with E-state index in [0.717, 1.165) is 27.7 Å². The van der Waals surface area contributed by atoms with E-state index < -0.39 is 427 Å². The molecule has 11 aliphatic heterocycles. The smallest absolute Gasteiger partial charge is 0.217 e. The second kappa shape index (κ2) is 47.6. The van der Waals surface area contributed by atoms with Crippen LogP contribution >= 0.6 is 0 Å². The fourth-order valence-electron chi connectivity index (χ4n) is 17.3. The highest BCUT2D eigenvalue weighted by molar-refractivity contribution is 5.74. The summed E-state index contributed by atoms with van der Waals surface area (Å²) in [5, 5.41) is 345. The summed E-state index contributed by atoms with van der Waals surface area (Å²) in [4.78, 5) is 52.0. The predicted octanol–water partition coefficient (Wildman–Crippen LogP) is -23.4. The number of aliphatic hydroxyl groups excluding tert-OH is 30. The summed E-state index contributed by atoms with van der Waals surface area (Å²) in [5.41, 5.74) is 0. The van der Waals surface area contributed by atoms with Crippen molar-refractivity contribution >= 4 is 23.6 Å². The summed E-state index contributed by atoms with van der Waals surface area (Å²) in [6, 6.07) is -7.87. The molecule has 0 aromatic carbocycles. The molecule has 1 unspecified atom stereocenters. The lowest BCUT2D eigenvalue weighted by Crippen LogP contribution is -2.71. The molecule has 0 aromatic rings. The van der Waals surface area contributed by atoms with Gasteiger partial charge in [-0.2, -0.15) is 0 Å². The summed E-state index contributed by atoms with van der Waals surface area (Å²) in [7, 11) is 0. The molecule has 0 saturated carbocycles. The van der Waals surface area contributed by atoms with Crippen LogP contribution in [0.1, 0.15) is 34.6 Å². The molecule has 770 valence electrons. The van der Waals surface area contributed by atoms with Gasteiger partial charge in [0.2, 0.25) is 23.6 Å². The second-order valence-corrected chi connectivity index (χ2v) is 33.8. The van der Waals surface area contributed by atoms with E-state index in [9.17, 15) is 172 Å². The quantitative estimate of drug-likeness (QED) is 0.0284. The fourth-order valence-corrected chi connectivity index (χ4v) is 17.3. The predicted molar refractivity (Wildman–Crippen MR) is 407 cm³/mol. The molecule has 11 rings (SSSR count). The van der Waals surface area contributed by atoms with Gasteiger partial charge in [0.25, 0.3) is 0 Å². The normalized spacial score (nSPS) is 50.1. The molecular formula is C74H124N4O55. The van der Waals surface area contributed by atoms with Gasteiger partial charge in [0, 0.05) is 27.7 Å². The molecule has 55 atom stereocenters. The minimum absolute atomic E-state index is 0.859. The third-order valence-corrected chi connectivity index (χ3v) is 24.5. The Morgan fingerprint density at radius 1 is 0.211 bits per heavy atom. The van der Waals surface area contributed by atoms with Gasteiger partial charge in [0.1, 0.15) is 262 Å². The Kier molecular flexibility index (Phi) is 39.1. The van der Waals surface area contributed by atoms with Gasteiger partial charge >= 0.3 is 0 Å². The largest absolute Gasteiger partial charge is 0.394 e. The van der Waals surface area contributed by atoms with Crippen LogP contribution in [0.3, 0.4) is 0 Å². The van der Waals surface area contributed by atoms with Gasteiger partial charge in [-0.3, -0.25) is 19.2 Å². The monoisotopic (exact) mass is 1950 g/mol. The number of ether oxygens (including phenoxy) is 21. The Bertz CT molecular complexity index is 3630. The van der Waals surface area contributed by atoms with Crippen LogP contribution in [0.15, 0.2) is 0 Å². The van der Waals surface area contributed by atoms with Crippen molar-refractivity contribution in [3.8, 4) is 0 Å². The highest BCUT2D eigenvalue weighted by atomic mass is 16.8. The first-order valence-corrected chi connectivity index (χ1v) is 42.5. The van der Waals surface area contributed by atoms with Crippen LogP contribution in [0.2, 0.25) is 0 Å². The molecule has 11 heterocycles. The van der Waals surface area contributed by atoms with Crippen LogP contribution < -0.4 is 21.3 Å². The molecule has 59 heteroatoms. The number of carbonyl (C=O) groups is 4. The zero-order valence-corrected chi connectivity index (χ0v) is 71.4. The van der Waals surface area contributed by atoms with E-state index in [2.05, 4.69) is 21.3 Å². The SMILES string of the molecule is CC(=O)N[C@H]1[C@H](O[C@H]2[C@H](O)[C@@H](NC(C)=O)C(O)O[C@@H]2CO[C@@H]2O[C@@H](C)[C@@H](O)[C@@H](O)[C@@H]2O)O[C@H](CO)[C@@H](O[C@@H]2O[C@H](CO[C@H]3O[C@H](CO)[C@@H](O)[C@H](O)[C@@H]3O[C@@H]3O[C@H](CO)[C@@H](O[C@@H]4O[C@H](CO)[C@H](O)[C@H](O[C@@H]5O[C@H](CO)[C@H](O)[C@H](O)[C@H]5O)[C@H]4O)[C@H](O)[C@H]3NC(C)=O)[C@@H](O)[C@H](O[C@H]3O[C@H](CO)[C@@H](O)[C@H](O)[C@@H]3O[C@@H]3O[C@H](CO)[C@@H](O[C@@H]4O[C@H](CO)[C@H](O)[C@H](O)[C@H]4O)[C@H](O)[C@H]3NC(C)=O)[C@@H]2O)[C@@H]1O. The van der Waals surface area contributed by atoms with Crippen LogP contribution in [0, 0.1) is 0 Å². The van der Waals surface area contributed by atoms with Crippen LogP contribution in [0.4, 0.5) is 0 Å². The first-order valence-electron chi connectivity index (χ1n) is 42.5. The van der Waals surface area contributed by atoms with Crippen LogP contribution in [0.25, 0.3) is 0 Å². The number of hydrogen-bond donors (Lipinski definition) is 34. The van der Waals surface area contributed by atoms with Crippen molar-refractivity contribution in [2.24, 2.45) is 0 Å². The topological polar surface area (TPSA) is 917 Å². The Morgan fingerprint density at radius 2 is 0.459 bits per heavy atom. The Balaban J connectivity index is 0.911. The molecule has 4 amide bonds. The van der Waals surface area contributed by atoms with Crippen molar-refractivity contribution in [1.29, 1.82) is 0 Å². The minimum atomic E-state index is -2.66. The minimum Gasteiger partial charge on any atom is -0.394 e. The van der Waals surface area contributed by atoms with E-state index in [4.69, 9.17) is 99.5 Å². The van der Waals surface area contributed by atoms with E-state index >= 15 is 0 Å². The number of nitrogens with one attached hydrogen (secondary N) is 4. The molecular weight excluding hydrogens is 1820 g/mol. The number of hydrogen-bond acceptors (Lipinski definition) is 55. The zero-order chi connectivity index (χ0) is 97.8. The summed E-state index contributed by atoms with van der Waals surface area (Å²) in [6.45, 7) is -6.29. The van der Waals surface area contributed by atoms with Crippen LogP contribution in [-0.2, 0) is 119 Å². The molecule has 0 bridgehead atoms. The lowest BCUT2D eigenvalue weighted by molar-refractivity contribution is -0.399. The Hall–Kier alpha value is -4.16. The third-order valence-electron chi connectivity index (χ3n) is 24.5. The molecule has 11 saturated heterocycles. The summed E-state index contributed by atoms with van der Waals surface area (Å²) < 4.78 is 125. The highest BCUT2D eigenvalue weighted by Gasteiger charge is 2.63. The second-order valence-electron chi connectivity index (χ2n) is 33.8. The molecule has 0 spiro atoms. The number of rotatable bonds is 34. The van der Waals surface area contributed by atoms with Gasteiger partial charge in [0.05, 0.1) is 72.2 Å². The number of aliphatic hydroxyl groups is 30. The molecule has 34 N–H and O–H groups in total. The highest BCUT2D eigenvalue weighted by Crippen LogP contribution is 2.42. The number of carbonyl (C=O) groups excluding carboxylic acids is 4. The molecule has 11 aliphatic rings. The van der Waals surface area contributed by atoms with Gasteiger partial charge in [-0.25, -0.2) is 0 Å². The van der Waals surface area contributed by atoms with Crippen LogP contribution in [-0.4, -0.2) is 580 Å². The summed E-state index contributed by atoms with van der Waals surface area (Å²) in [5.74, 6) is -3.87. The van der Waals surface area contributed by atoms with Gasteiger partial charge in [-0.05, 0) is 6.92 Å². The third kappa shape index (κ3) is 24.1. The van der Waals surface area contributed by atoms with Crippen molar-refractivity contribution in [2.75, 3.05) is 66.1 Å². The Morgan fingerprint density at radius 3 is 0.842 bits per heavy atom. The zero-order valence-electron chi connectivity index (χ0n) is 71.4. The van der Waals surface area contributed by atoms with E-state index in [-0.39, 0.29) is 0 Å². The van der Waals surface area contributed by atoms with Gasteiger partial charge < -0.3 is 274 Å². The van der Waals surface area contributed by atoms with Crippen molar-refractivity contribution in [3.05, 3.63) is 0 Å². The average Bonchev–Trinajstić information content (AvgIpc) is 0.764. The number of amides is 4. The molecule has 11 fully saturated rings. The maximum Gasteiger partial charge on any atom is 0.217 e. The fraction of sp³-hybridized carbons (Fsp3) is 0.946. The lowest BCUT2D eigenvalue weighted by atomic mass is 9.93. The van der Waals surface area contributed by atoms with Crippen molar-refractivity contribution < 1.29 is 272 Å². The maximum atomic E-state index is 13.3. The van der Waals surface area contributed by atoms with Crippen LogP contribution in [0.5, 0.6) is 0 Å². The van der Waals surface area contributed by atoms with E-state index in [1.807, 2.05) is 0 Å². The van der Waals surface area contributed by atoms with Crippen molar-refractivity contribution in [2.45, 2.75) is 372 Å². The molecule has 59 nitrogen and oxygen atoms in total. The van der Waals surface area contributed by atoms with Crippen molar-refractivity contribution in [3.63, 3.8) is 0 Å². The van der Waals surface area contributed by atoms with Gasteiger partial charge in [-0.1, -0.05) is 0 Å². The first-order chi connectivity index (χ1) is 62.9. The maximum absolute atomic E-state index is 13.3. The first kappa shape index (κ1) is 109. The van der Waals surface area contributed by atoms with Crippen molar-refractivity contribution in [1.82, 2.24) is 21.3 Å². The Labute approximate surface area is 752 Å². The summed E-state index contributed by atoms with van der Waals surface area (Å²) in [6.07, 6.45) is -107. The summed E-state index contributed by atoms with van der Waals surface area (Å²) >= 11 is 0. The van der Waals surface area contributed by atoms with E-state index in [0.29, 0.717) is 0 Å². The molecule has 0 radical (unpaired) electrons. The lowest BCUT2D eigenvalue weighted by Gasteiger charge is -2.51. The van der Waals surface area contributed by atoms with Gasteiger partial charge in [-0.15, -0.1) is 0 Å².